The Labute approximate surface area is 129 Å². The second kappa shape index (κ2) is 6.18. The number of hydrogen-bond acceptors (Lipinski definition) is 3. The molecule has 110 valence electrons. The number of nitrogens with zero attached hydrogens (tertiary/aromatic N) is 1. The molecule has 22 heavy (non-hydrogen) atoms. The average molecular weight is 294 g/mol. The summed E-state index contributed by atoms with van der Waals surface area (Å²) in [5, 5.41) is 19.7. The van der Waals surface area contributed by atoms with E-state index < -0.39 is 7.12 Å². The SMILES string of the molecule is COc1ccc2c(ccc[n+]2Cc2cccc(B(O)O)c2)c1. The highest BCUT2D eigenvalue weighted by Crippen LogP contribution is 2.17. The highest BCUT2D eigenvalue weighted by atomic mass is 16.5. The number of hydrogen-bond donors (Lipinski definition) is 2. The van der Waals surface area contributed by atoms with Gasteiger partial charge in [-0.15, -0.1) is 0 Å². The standard InChI is InChI=1S/C17H17BNO3/c1-22-16-7-8-17-14(11-16)5-3-9-19(17)12-13-4-2-6-15(10-13)18(20)21/h2-11,20-21H,12H2,1H3/q+1. The van der Waals surface area contributed by atoms with E-state index in [-0.39, 0.29) is 0 Å². The maximum atomic E-state index is 9.28. The Hall–Kier alpha value is -2.37. The molecular formula is C17H17BNO3+. The predicted octanol–water partition coefficient (Wildman–Crippen LogP) is 0.864. The smallest absolute Gasteiger partial charge is 0.488 e. The monoisotopic (exact) mass is 294 g/mol. The molecule has 0 aliphatic rings. The van der Waals surface area contributed by atoms with Gasteiger partial charge in [0.15, 0.2) is 12.7 Å². The molecule has 0 unspecified atom stereocenters. The molecular weight excluding hydrogens is 277 g/mol. The lowest BCUT2D eigenvalue weighted by Gasteiger charge is -2.05. The molecule has 4 nitrogen and oxygen atoms in total. The molecule has 5 heteroatoms. The number of ether oxygens (including phenoxy) is 1. The number of benzene rings is 2. The van der Waals surface area contributed by atoms with Crippen LogP contribution in [0, 0.1) is 0 Å². The molecule has 0 aliphatic heterocycles. The summed E-state index contributed by atoms with van der Waals surface area (Å²) in [6.07, 6.45) is 2.01. The molecule has 0 bridgehead atoms. The fourth-order valence-corrected chi connectivity index (χ4v) is 2.57. The molecule has 0 amide bonds. The van der Waals surface area contributed by atoms with Crippen molar-refractivity contribution in [2.75, 3.05) is 7.11 Å². The van der Waals surface area contributed by atoms with Crippen LogP contribution in [-0.2, 0) is 6.54 Å². The van der Waals surface area contributed by atoms with Gasteiger partial charge in [0.2, 0.25) is 5.52 Å². The van der Waals surface area contributed by atoms with Crippen molar-refractivity contribution in [3.63, 3.8) is 0 Å². The number of pyridine rings is 1. The lowest BCUT2D eigenvalue weighted by Crippen LogP contribution is -2.36. The number of aromatic nitrogens is 1. The van der Waals surface area contributed by atoms with Crippen molar-refractivity contribution in [3.8, 4) is 5.75 Å². The fourth-order valence-electron chi connectivity index (χ4n) is 2.57. The molecule has 0 aliphatic carbocycles. The van der Waals surface area contributed by atoms with Gasteiger partial charge in [0.1, 0.15) is 5.75 Å². The van der Waals surface area contributed by atoms with Gasteiger partial charge in [-0.05, 0) is 23.7 Å². The zero-order valence-corrected chi connectivity index (χ0v) is 12.3. The van der Waals surface area contributed by atoms with E-state index in [9.17, 15) is 10.0 Å². The Kier molecular flexibility index (Phi) is 4.09. The molecule has 1 aromatic heterocycles. The quantitative estimate of drug-likeness (QED) is 0.554. The first-order valence-corrected chi connectivity index (χ1v) is 7.08. The van der Waals surface area contributed by atoms with Crippen LogP contribution in [0.4, 0.5) is 0 Å². The van der Waals surface area contributed by atoms with Crippen molar-refractivity contribution in [2.45, 2.75) is 6.54 Å². The van der Waals surface area contributed by atoms with Crippen molar-refractivity contribution in [3.05, 3.63) is 66.4 Å². The molecule has 0 radical (unpaired) electrons. The summed E-state index contributed by atoms with van der Waals surface area (Å²) < 4.78 is 7.38. The third kappa shape index (κ3) is 2.96. The van der Waals surface area contributed by atoms with Crippen molar-refractivity contribution in [1.29, 1.82) is 0 Å². The Morgan fingerprint density at radius 1 is 1.05 bits per heavy atom. The van der Waals surface area contributed by atoms with Gasteiger partial charge in [0.05, 0.1) is 12.5 Å². The van der Waals surface area contributed by atoms with Crippen LogP contribution in [0.15, 0.2) is 60.8 Å². The van der Waals surface area contributed by atoms with Crippen LogP contribution in [-0.4, -0.2) is 24.3 Å². The number of methoxy groups -OCH3 is 1. The van der Waals surface area contributed by atoms with E-state index in [1.165, 1.54) is 0 Å². The van der Waals surface area contributed by atoms with Gasteiger partial charge < -0.3 is 14.8 Å². The second-order valence-electron chi connectivity index (χ2n) is 5.18. The van der Waals surface area contributed by atoms with E-state index in [4.69, 9.17) is 4.74 Å². The van der Waals surface area contributed by atoms with Gasteiger partial charge >= 0.3 is 7.12 Å². The van der Waals surface area contributed by atoms with Gasteiger partial charge in [-0.25, -0.2) is 0 Å². The van der Waals surface area contributed by atoms with Crippen molar-refractivity contribution in [1.82, 2.24) is 0 Å². The summed E-state index contributed by atoms with van der Waals surface area (Å²) in [7, 11) is 0.214. The van der Waals surface area contributed by atoms with Gasteiger partial charge in [0, 0.05) is 17.7 Å². The lowest BCUT2D eigenvalue weighted by molar-refractivity contribution is -0.662. The summed E-state index contributed by atoms with van der Waals surface area (Å²) in [6, 6.07) is 17.3. The summed E-state index contributed by atoms with van der Waals surface area (Å²) >= 11 is 0. The highest BCUT2D eigenvalue weighted by Gasteiger charge is 2.14. The van der Waals surface area contributed by atoms with E-state index in [2.05, 4.69) is 4.57 Å². The zero-order chi connectivity index (χ0) is 15.5. The third-order valence-corrected chi connectivity index (χ3v) is 3.69. The Morgan fingerprint density at radius 3 is 2.68 bits per heavy atom. The average Bonchev–Trinajstić information content (AvgIpc) is 2.55. The maximum absolute atomic E-state index is 9.28. The van der Waals surface area contributed by atoms with E-state index in [1.807, 2.05) is 48.7 Å². The molecule has 3 rings (SSSR count). The van der Waals surface area contributed by atoms with E-state index in [0.29, 0.717) is 12.0 Å². The third-order valence-electron chi connectivity index (χ3n) is 3.69. The van der Waals surface area contributed by atoms with Gasteiger partial charge in [0.25, 0.3) is 0 Å². The van der Waals surface area contributed by atoms with E-state index in [1.54, 1.807) is 19.2 Å². The highest BCUT2D eigenvalue weighted by molar-refractivity contribution is 6.58. The minimum absolute atomic E-state index is 0.500. The van der Waals surface area contributed by atoms with Crippen LogP contribution in [0.1, 0.15) is 5.56 Å². The largest absolute Gasteiger partial charge is 0.497 e. The first kappa shape index (κ1) is 14.6. The molecule has 2 N–H and O–H groups in total. The molecule has 2 aromatic carbocycles. The van der Waals surface area contributed by atoms with Crippen LogP contribution < -0.4 is 14.8 Å². The normalized spacial score (nSPS) is 10.7. The fraction of sp³-hybridized carbons (Fsp3) is 0.118. The zero-order valence-electron chi connectivity index (χ0n) is 12.3. The summed E-state index contributed by atoms with van der Waals surface area (Å²) in [5.41, 5.74) is 2.61. The first-order chi connectivity index (χ1) is 10.7. The van der Waals surface area contributed by atoms with E-state index >= 15 is 0 Å². The Morgan fingerprint density at radius 2 is 1.91 bits per heavy atom. The lowest BCUT2D eigenvalue weighted by atomic mass is 9.79. The van der Waals surface area contributed by atoms with Crippen LogP contribution in [0.5, 0.6) is 5.75 Å². The molecule has 0 saturated carbocycles. The van der Waals surface area contributed by atoms with Gasteiger partial charge in [-0.2, -0.15) is 4.57 Å². The second-order valence-corrected chi connectivity index (χ2v) is 5.18. The number of fused-ring (bicyclic) bond motifs is 1. The summed E-state index contributed by atoms with van der Waals surface area (Å²) in [6.45, 7) is 0.657. The maximum Gasteiger partial charge on any atom is 0.488 e. The van der Waals surface area contributed by atoms with Crippen LogP contribution in [0.3, 0.4) is 0 Å². The Bertz CT molecular complexity index is 805. The topological polar surface area (TPSA) is 53.6 Å². The molecule has 0 spiro atoms. The first-order valence-electron chi connectivity index (χ1n) is 7.08. The number of rotatable bonds is 4. The van der Waals surface area contributed by atoms with Crippen LogP contribution >= 0.6 is 0 Å². The van der Waals surface area contributed by atoms with Crippen LogP contribution in [0.25, 0.3) is 10.9 Å². The minimum atomic E-state index is -1.44. The van der Waals surface area contributed by atoms with Crippen LogP contribution in [0.2, 0.25) is 0 Å². The molecule has 0 fully saturated rings. The Balaban J connectivity index is 1.98. The van der Waals surface area contributed by atoms with Crippen molar-refractivity contribution < 1.29 is 19.4 Å². The summed E-state index contributed by atoms with van der Waals surface area (Å²) in [5.74, 6) is 0.829. The summed E-state index contributed by atoms with van der Waals surface area (Å²) in [4.78, 5) is 0. The van der Waals surface area contributed by atoms with Gasteiger partial charge in [-0.3, -0.25) is 0 Å². The van der Waals surface area contributed by atoms with Gasteiger partial charge in [-0.1, -0.05) is 24.3 Å². The molecule has 0 saturated heterocycles. The molecule has 1 heterocycles. The molecule has 3 aromatic rings. The van der Waals surface area contributed by atoms with Crippen molar-refractivity contribution >= 4 is 23.5 Å². The van der Waals surface area contributed by atoms with E-state index in [0.717, 1.165) is 22.2 Å². The molecule has 0 atom stereocenters. The van der Waals surface area contributed by atoms with Crippen molar-refractivity contribution in [2.24, 2.45) is 0 Å². The minimum Gasteiger partial charge on any atom is -0.497 e. The predicted molar refractivity (Wildman–Crippen MR) is 86.1 cm³/mol.